The molecule has 0 fully saturated rings. The summed E-state index contributed by atoms with van der Waals surface area (Å²) in [6.07, 6.45) is 0. The highest BCUT2D eigenvalue weighted by molar-refractivity contribution is 7.00. The van der Waals surface area contributed by atoms with Gasteiger partial charge in [-0.1, -0.05) is 416 Å². The summed E-state index contributed by atoms with van der Waals surface area (Å²) < 4.78 is 322. The third-order valence-corrected chi connectivity index (χ3v) is 24.2. The second-order valence-corrected chi connectivity index (χ2v) is 46.1. The number of aromatic nitrogens is 1. The highest BCUT2D eigenvalue weighted by Crippen LogP contribution is 2.58. The van der Waals surface area contributed by atoms with E-state index in [0.717, 1.165) is 11.1 Å². The van der Waals surface area contributed by atoms with E-state index in [1.54, 1.807) is 144 Å². The Morgan fingerprint density at radius 1 is 0.230 bits per heavy atom. The number of para-hydroxylation sites is 2. The van der Waals surface area contributed by atoms with Gasteiger partial charge in [0.2, 0.25) is 0 Å². The predicted molar refractivity (Wildman–Crippen MR) is 553 cm³/mol. The van der Waals surface area contributed by atoms with Crippen LogP contribution in [0.1, 0.15) is 331 Å². The molecule has 126 heavy (non-hydrogen) atoms. The van der Waals surface area contributed by atoms with Crippen LogP contribution in [0.4, 0.5) is 34.1 Å². The molecule has 14 aromatic rings. The molecule has 13 aromatic carbocycles. The van der Waals surface area contributed by atoms with Crippen molar-refractivity contribution < 1.29 is 41.1 Å². The molecule has 2 aliphatic heterocycles. The molecular weight excluding hydrogens is 1520 g/mol. The van der Waals surface area contributed by atoms with Crippen LogP contribution in [-0.2, 0) is 59.6 Å². The van der Waals surface area contributed by atoms with Gasteiger partial charge in [0.15, 0.2) is 0 Å². The molecule has 0 saturated heterocycles. The maximum atomic E-state index is 12.0. The van der Waals surface area contributed by atoms with Gasteiger partial charge in [-0.15, -0.1) is 0 Å². The molecule has 1 aromatic heterocycles. The van der Waals surface area contributed by atoms with Crippen molar-refractivity contribution in [2.45, 2.75) is 288 Å². The van der Waals surface area contributed by atoms with Gasteiger partial charge >= 0.3 is 0 Å². The summed E-state index contributed by atoms with van der Waals surface area (Å²) in [5.41, 5.74) is -14.4. The minimum atomic E-state index is -1.45. The minimum absolute atomic E-state index is 0.0355. The van der Waals surface area contributed by atoms with Crippen LogP contribution in [0.3, 0.4) is 0 Å². The van der Waals surface area contributed by atoms with Crippen LogP contribution in [0.5, 0.6) is 0 Å². The zero-order valence-electron chi connectivity index (χ0n) is 110. The molecule has 4 heteroatoms. The second kappa shape index (κ2) is 30.5. The lowest BCUT2D eigenvalue weighted by Crippen LogP contribution is -2.61. The summed E-state index contributed by atoms with van der Waals surface area (Å²) in [6, 6.07) is 1.71. The monoisotopic (exact) mass is 1690 g/mol. The summed E-state index contributed by atoms with van der Waals surface area (Å²) in [7, 11) is 0. The first kappa shape index (κ1) is 58.6. The summed E-state index contributed by atoms with van der Waals surface area (Å²) in [5, 5.41) is -0.845. The van der Waals surface area contributed by atoms with Gasteiger partial charge in [0.05, 0.1) is 69.2 Å². The van der Waals surface area contributed by atoms with Crippen LogP contribution >= 0.6 is 0 Å². The van der Waals surface area contributed by atoms with Crippen molar-refractivity contribution >= 4 is 79.0 Å². The molecule has 0 amide bonds. The van der Waals surface area contributed by atoms with E-state index in [-0.39, 0.29) is 169 Å². The quantitative estimate of drug-likeness (QED) is 0.133. The Kier molecular flexibility index (Phi) is 14.2. The van der Waals surface area contributed by atoms with E-state index in [2.05, 4.69) is 59.7 Å². The molecule has 0 spiro atoms. The molecular formula is C122H140BN3. The largest absolute Gasteiger partial charge is 0.310 e. The van der Waals surface area contributed by atoms with E-state index in [4.69, 9.17) is 1.37 Å². The number of hydrogen-bond donors (Lipinski definition) is 0. The molecule has 0 unspecified atom stereocenters. The van der Waals surface area contributed by atoms with Gasteiger partial charge in [-0.25, -0.2) is 0 Å². The average molecular weight is 1690 g/mol. The van der Waals surface area contributed by atoms with Crippen LogP contribution in [0.2, 0.25) is 0 Å². The molecule has 3 nitrogen and oxygen atoms in total. The molecule has 646 valence electrons. The van der Waals surface area contributed by atoms with E-state index < -0.39 is 262 Å². The first-order valence-corrected chi connectivity index (χ1v) is 44.2. The van der Waals surface area contributed by atoms with Crippen LogP contribution in [0.25, 0.3) is 94.3 Å². The van der Waals surface area contributed by atoms with E-state index in [1.165, 1.54) is 4.57 Å². The lowest BCUT2D eigenvalue weighted by molar-refractivity contribution is 0.568. The predicted octanol–water partition coefficient (Wildman–Crippen LogP) is 33.1. The fourth-order valence-electron chi connectivity index (χ4n) is 16.7. The number of hydrogen-bond acceptors (Lipinski definition) is 2. The fraction of sp³-hybridized carbons (Fsp3) is 0.361. The first-order valence-electron chi connectivity index (χ1n) is 59.2. The third-order valence-electron chi connectivity index (χ3n) is 24.2. The number of benzene rings is 13. The first-order chi connectivity index (χ1) is 71.0. The van der Waals surface area contributed by atoms with Crippen molar-refractivity contribution in [1.29, 1.82) is 0 Å². The lowest BCUT2D eigenvalue weighted by Gasteiger charge is -2.46. The fourth-order valence-corrected chi connectivity index (χ4v) is 16.7. The molecule has 0 atom stereocenters. The molecule has 2 aliphatic rings. The standard InChI is InChI=1S/C122H140BN3/c1-112(2,3)82-51-47-76(48-52-82)96-68-90(120(25,26)27)69-97(80-59-86(116(13,14)15)66-87(60-80)117(16,17)18)110(96)125-106-64-78(79-57-84(114(7,8)9)65-85(58-79)115(10,11)12)50-56-102(106)123-101-55-49-77(75-41-35-34-36-42-75)63-105(101)126(108-74-92(73-107(125)109(108)123)124-103-45-39-37-43-94(103)95-44-38-40-46-104(95)124)111-98(81-61-88(118(19,20)21)67-89(62-81)119(22,23)24)70-91(121(28,29)30)71-99(111)93-54-53-83(113(4,5)6)72-100(93)122(31,32)33/h34-74H,1-33H3/i34D,35D,36D,37D,38D,39D,40D,41D,42D,43D,44D,45D,46D,47D,48D,51D,52D,53D,54D,59D,60D,61D,62D,66D,67D,68D,69D,70D,71D,72D. The highest BCUT2D eigenvalue weighted by atomic mass is 15.2. The van der Waals surface area contributed by atoms with Crippen molar-refractivity contribution in [2.75, 3.05) is 9.80 Å². The summed E-state index contributed by atoms with van der Waals surface area (Å²) >= 11 is 0. The number of nitrogens with zero attached hydrogens (tertiary/aromatic N) is 3. The molecule has 16 rings (SSSR count). The van der Waals surface area contributed by atoms with E-state index in [9.17, 15) is 39.8 Å². The summed E-state index contributed by atoms with van der Waals surface area (Å²) in [4.78, 5) is 3.25. The lowest BCUT2D eigenvalue weighted by atomic mass is 9.33. The highest BCUT2D eigenvalue weighted by Gasteiger charge is 2.47. The minimum Gasteiger partial charge on any atom is -0.310 e. The van der Waals surface area contributed by atoms with Crippen LogP contribution in [0.15, 0.2) is 248 Å². The van der Waals surface area contributed by atoms with Crippen molar-refractivity contribution in [3.8, 4) is 72.4 Å². The van der Waals surface area contributed by atoms with Gasteiger partial charge in [0.1, 0.15) is 0 Å². The number of anilines is 6. The summed E-state index contributed by atoms with van der Waals surface area (Å²) in [6.45, 7) is 59.4. The van der Waals surface area contributed by atoms with Crippen molar-refractivity contribution in [3.05, 3.63) is 309 Å². The van der Waals surface area contributed by atoms with Crippen molar-refractivity contribution in [3.63, 3.8) is 0 Å². The van der Waals surface area contributed by atoms with Gasteiger partial charge in [-0.2, -0.15) is 0 Å². The van der Waals surface area contributed by atoms with Gasteiger partial charge in [0.25, 0.3) is 6.71 Å². The molecule has 0 radical (unpaired) electrons. The molecule has 0 N–H and O–H groups in total. The van der Waals surface area contributed by atoms with Gasteiger partial charge in [-0.05, 0) is 242 Å². The zero-order valence-corrected chi connectivity index (χ0v) is 80.3. The third kappa shape index (κ3) is 16.5. The van der Waals surface area contributed by atoms with Gasteiger partial charge < -0.3 is 14.4 Å². The Morgan fingerprint density at radius 2 is 0.579 bits per heavy atom. The maximum absolute atomic E-state index is 12.0. The second-order valence-electron chi connectivity index (χ2n) is 46.1. The molecule has 0 aliphatic carbocycles. The number of fused-ring (bicyclic) bond motifs is 7. The van der Waals surface area contributed by atoms with Crippen LogP contribution in [-0.4, -0.2) is 11.3 Å². The normalized spacial score (nSPS) is 17.2. The Bertz CT molecular complexity index is 8310. The van der Waals surface area contributed by atoms with E-state index in [0.29, 0.717) is 11.1 Å². The maximum Gasteiger partial charge on any atom is 0.252 e. The van der Waals surface area contributed by atoms with E-state index in [1.807, 2.05) is 101 Å². The smallest absolute Gasteiger partial charge is 0.252 e. The SMILES string of the molecule is [2H]c1c([2H])c([2H])c(-c2ccc3c(c2)N(c2c(-c4c([2H])c(C(C)(C)C)c([2H])c(C(C)(C)C)c4[2H])c([2H])c(C(C)(C)C)c([2H])c2-c2c([2H])c([2H])c(C(C)(C)C)c([2H])c2C(C)(C)C)c2cc(-n4c5c([2H])c([2H])c([2H])c([2H])c5c5c([2H])c([2H])c([2H])c([2H])c54)cc4c2B3c2ccc(-c3cc(C(C)(C)C)cc(C(C)(C)C)c3)cc2N4c2c(-c3c([2H])c([2H])c(C(C)(C)C)c([2H])c3[2H])c([2H])c(C(C)(C)C)c([2H])c2-c2c([2H])c(C(C)(C)C)c([2H])c(C(C)(C)C)c2[2H])c([2H])c1[2H]. The summed E-state index contributed by atoms with van der Waals surface area (Å²) in [5.74, 6) is 0. The van der Waals surface area contributed by atoms with Gasteiger partial charge in [-0.3, -0.25) is 0 Å². The zero-order chi connectivity index (χ0) is 117. The van der Waals surface area contributed by atoms with Crippen molar-refractivity contribution in [2.24, 2.45) is 0 Å². The molecule has 3 heterocycles. The van der Waals surface area contributed by atoms with Crippen LogP contribution in [0, 0.1) is 0 Å². The number of rotatable bonds is 9. The Balaban J connectivity index is 1.38. The van der Waals surface area contributed by atoms with E-state index >= 15 is 0 Å². The Labute approximate surface area is 800 Å². The van der Waals surface area contributed by atoms with Crippen molar-refractivity contribution in [1.82, 2.24) is 4.57 Å². The molecule has 0 saturated carbocycles. The van der Waals surface area contributed by atoms with Gasteiger partial charge in [0, 0.05) is 55.8 Å². The topological polar surface area (TPSA) is 11.4 Å². The molecule has 0 bridgehead atoms. The Hall–Kier alpha value is -10.7. The average Bonchev–Trinajstić information content (AvgIpc) is 1.42. The Morgan fingerprint density at radius 3 is 0.976 bits per heavy atom. The van der Waals surface area contributed by atoms with Crippen LogP contribution < -0.4 is 26.2 Å².